The van der Waals surface area contributed by atoms with Crippen molar-refractivity contribution in [2.24, 2.45) is 5.92 Å². The maximum atomic E-state index is 12.7. The Bertz CT molecular complexity index is 568. The van der Waals surface area contributed by atoms with Crippen LogP contribution < -0.4 is 9.47 Å². The molecule has 2 rings (SSSR count). The molecule has 1 aliphatic heterocycles. The number of hydrogen-bond acceptors (Lipinski definition) is 5. The lowest BCUT2D eigenvalue weighted by molar-refractivity contribution is -0.137. The highest BCUT2D eigenvalue weighted by atomic mass is 16.6. The molecule has 1 unspecified atom stereocenters. The van der Waals surface area contributed by atoms with Crippen molar-refractivity contribution >= 4 is 11.8 Å². The van der Waals surface area contributed by atoms with Crippen molar-refractivity contribution in [3.05, 3.63) is 23.8 Å². The molecule has 0 saturated heterocycles. The molecule has 1 atom stereocenters. The van der Waals surface area contributed by atoms with E-state index in [1.54, 1.807) is 18.2 Å². The molecule has 6 nitrogen and oxygen atoms in total. The summed E-state index contributed by atoms with van der Waals surface area (Å²) in [6, 6.07) is 5.03. The molecule has 1 heterocycles. The van der Waals surface area contributed by atoms with Gasteiger partial charge < -0.3 is 19.5 Å². The van der Waals surface area contributed by atoms with Crippen LogP contribution in [-0.2, 0) is 4.79 Å². The second-order valence-corrected chi connectivity index (χ2v) is 5.50. The Morgan fingerprint density at radius 1 is 1.17 bits per heavy atom. The van der Waals surface area contributed by atoms with Gasteiger partial charge in [0.15, 0.2) is 17.3 Å². The van der Waals surface area contributed by atoms with E-state index in [0.29, 0.717) is 36.8 Å². The highest BCUT2D eigenvalue weighted by Gasteiger charge is 2.26. The summed E-state index contributed by atoms with van der Waals surface area (Å²) in [5.41, 5.74) is 0.465. The number of fused-ring (bicyclic) bond motifs is 1. The van der Waals surface area contributed by atoms with Crippen molar-refractivity contribution in [3.8, 4) is 11.5 Å². The summed E-state index contributed by atoms with van der Waals surface area (Å²) in [6.07, 6.45) is -0.177. The molecular formula is C17H23NO5. The Balaban J connectivity index is 2.20. The molecule has 1 aromatic carbocycles. The van der Waals surface area contributed by atoms with E-state index >= 15 is 0 Å². The third-order valence-corrected chi connectivity index (χ3v) is 3.99. The fourth-order valence-corrected chi connectivity index (χ4v) is 2.68. The van der Waals surface area contributed by atoms with Gasteiger partial charge in [-0.1, -0.05) is 13.8 Å². The molecule has 1 aromatic rings. The maximum absolute atomic E-state index is 12.7. The zero-order valence-corrected chi connectivity index (χ0v) is 13.6. The van der Waals surface area contributed by atoms with Gasteiger partial charge in [-0.15, -0.1) is 0 Å². The van der Waals surface area contributed by atoms with Gasteiger partial charge in [0, 0.05) is 18.0 Å². The summed E-state index contributed by atoms with van der Waals surface area (Å²) in [7, 11) is 0. The van der Waals surface area contributed by atoms with E-state index in [1.807, 2.05) is 13.8 Å². The lowest BCUT2D eigenvalue weighted by Crippen LogP contribution is -2.34. The van der Waals surface area contributed by atoms with Crippen LogP contribution >= 0.6 is 0 Å². The minimum atomic E-state index is -0.965. The first-order valence-electron chi connectivity index (χ1n) is 7.93. The Morgan fingerprint density at radius 2 is 1.83 bits per heavy atom. The summed E-state index contributed by atoms with van der Waals surface area (Å²) in [4.78, 5) is 25.9. The van der Waals surface area contributed by atoms with Crippen LogP contribution in [0.1, 0.15) is 30.6 Å². The number of aliphatic carboxylic acids is 1. The number of rotatable bonds is 8. The van der Waals surface area contributed by atoms with Crippen molar-refractivity contribution in [3.63, 3.8) is 0 Å². The zero-order chi connectivity index (χ0) is 16.8. The molecule has 1 aliphatic rings. The van der Waals surface area contributed by atoms with Crippen molar-refractivity contribution < 1.29 is 24.2 Å². The molecule has 0 aliphatic carbocycles. The summed E-state index contributed by atoms with van der Waals surface area (Å²) in [5.74, 6) is -0.551. The quantitative estimate of drug-likeness (QED) is 0.739. The largest absolute Gasteiger partial charge is 0.486 e. The van der Waals surface area contributed by atoms with Crippen LogP contribution in [0.3, 0.4) is 0 Å². The molecule has 0 fully saturated rings. The van der Waals surface area contributed by atoms with Crippen LogP contribution in [0.15, 0.2) is 18.2 Å². The Morgan fingerprint density at radius 3 is 2.43 bits per heavy atom. The van der Waals surface area contributed by atoms with Crippen molar-refractivity contribution in [2.75, 3.05) is 32.8 Å². The number of nitrogens with zero attached hydrogens (tertiary/aromatic N) is 1. The van der Waals surface area contributed by atoms with Crippen LogP contribution in [0.2, 0.25) is 0 Å². The van der Waals surface area contributed by atoms with Gasteiger partial charge in [0.25, 0.3) is 0 Å². The van der Waals surface area contributed by atoms with Gasteiger partial charge in [-0.3, -0.25) is 9.59 Å². The van der Waals surface area contributed by atoms with E-state index < -0.39 is 11.9 Å². The molecule has 0 radical (unpaired) electrons. The fourth-order valence-electron chi connectivity index (χ4n) is 2.68. The summed E-state index contributed by atoms with van der Waals surface area (Å²) < 4.78 is 10.9. The molecule has 0 saturated carbocycles. The van der Waals surface area contributed by atoms with Gasteiger partial charge >= 0.3 is 5.97 Å². The standard InChI is InChI=1S/C17H23NO5/c1-3-18(4-2)11-13(10-16(19)20)17(21)12-5-6-14-15(9-12)23-8-7-22-14/h5-6,9,13H,3-4,7-8,10-11H2,1-2H3,(H,19,20). The lowest BCUT2D eigenvalue weighted by atomic mass is 9.93. The van der Waals surface area contributed by atoms with Gasteiger partial charge in [-0.25, -0.2) is 0 Å². The highest BCUT2D eigenvalue weighted by Crippen LogP contribution is 2.31. The van der Waals surface area contributed by atoms with Crippen LogP contribution in [0.5, 0.6) is 11.5 Å². The normalized spacial score (nSPS) is 14.6. The van der Waals surface area contributed by atoms with Crippen molar-refractivity contribution in [1.29, 1.82) is 0 Å². The average Bonchev–Trinajstić information content (AvgIpc) is 2.57. The van der Waals surface area contributed by atoms with Gasteiger partial charge in [-0.05, 0) is 31.3 Å². The van der Waals surface area contributed by atoms with Gasteiger partial charge in [-0.2, -0.15) is 0 Å². The number of ether oxygens (including phenoxy) is 2. The molecule has 0 bridgehead atoms. The van der Waals surface area contributed by atoms with Crippen molar-refractivity contribution in [2.45, 2.75) is 20.3 Å². The van der Waals surface area contributed by atoms with E-state index in [2.05, 4.69) is 4.90 Å². The number of carboxylic acid groups (broad SMARTS) is 1. The average molecular weight is 321 g/mol. The molecular weight excluding hydrogens is 298 g/mol. The molecule has 0 amide bonds. The first-order valence-corrected chi connectivity index (χ1v) is 7.93. The Kier molecular flexibility index (Phi) is 5.98. The molecule has 23 heavy (non-hydrogen) atoms. The maximum Gasteiger partial charge on any atom is 0.304 e. The van der Waals surface area contributed by atoms with E-state index in [4.69, 9.17) is 14.6 Å². The van der Waals surface area contributed by atoms with Crippen LogP contribution in [0.4, 0.5) is 0 Å². The second kappa shape index (κ2) is 7.97. The van der Waals surface area contributed by atoms with Gasteiger partial charge in [0.2, 0.25) is 0 Å². The Hall–Kier alpha value is -2.08. The predicted molar refractivity (Wildman–Crippen MR) is 85.3 cm³/mol. The predicted octanol–water partition coefficient (Wildman–Crippen LogP) is 2.07. The number of Topliss-reactive ketones (excluding diaryl/α,β-unsaturated/α-hetero) is 1. The fraction of sp³-hybridized carbons (Fsp3) is 0.529. The monoisotopic (exact) mass is 321 g/mol. The highest BCUT2D eigenvalue weighted by molar-refractivity contribution is 6.00. The topological polar surface area (TPSA) is 76.1 Å². The zero-order valence-electron chi connectivity index (χ0n) is 13.6. The number of carbonyl (C=O) groups is 2. The summed E-state index contributed by atoms with van der Waals surface area (Å²) in [6.45, 7) is 6.92. The third kappa shape index (κ3) is 4.45. The second-order valence-electron chi connectivity index (χ2n) is 5.50. The molecule has 1 N–H and O–H groups in total. The lowest BCUT2D eigenvalue weighted by Gasteiger charge is -2.24. The SMILES string of the molecule is CCN(CC)CC(CC(=O)O)C(=O)c1ccc2c(c1)OCCO2. The first kappa shape index (κ1) is 17.3. The minimum Gasteiger partial charge on any atom is -0.486 e. The number of ketones is 1. The minimum absolute atomic E-state index is 0.170. The molecule has 0 spiro atoms. The number of benzene rings is 1. The van der Waals surface area contributed by atoms with E-state index in [0.717, 1.165) is 13.1 Å². The first-order chi connectivity index (χ1) is 11.0. The van der Waals surface area contributed by atoms with Crippen molar-refractivity contribution in [1.82, 2.24) is 4.90 Å². The molecule has 6 heteroatoms. The van der Waals surface area contributed by atoms with Crippen LogP contribution in [0, 0.1) is 5.92 Å². The smallest absolute Gasteiger partial charge is 0.304 e. The number of carbonyl (C=O) groups excluding carboxylic acids is 1. The summed E-state index contributed by atoms with van der Waals surface area (Å²) in [5, 5.41) is 9.11. The van der Waals surface area contributed by atoms with Gasteiger partial charge in [0.1, 0.15) is 13.2 Å². The molecule has 126 valence electrons. The van der Waals surface area contributed by atoms with Crippen LogP contribution in [-0.4, -0.2) is 54.6 Å². The summed E-state index contributed by atoms with van der Waals surface area (Å²) >= 11 is 0. The number of hydrogen-bond donors (Lipinski definition) is 1. The molecule has 0 aromatic heterocycles. The third-order valence-electron chi connectivity index (χ3n) is 3.99. The Labute approximate surface area is 136 Å². The van der Waals surface area contributed by atoms with Crippen LogP contribution in [0.25, 0.3) is 0 Å². The van der Waals surface area contributed by atoms with E-state index in [9.17, 15) is 9.59 Å². The van der Waals surface area contributed by atoms with Gasteiger partial charge in [0.05, 0.1) is 6.42 Å². The van der Waals surface area contributed by atoms with E-state index in [-0.39, 0.29) is 12.2 Å². The number of carboxylic acids is 1. The van der Waals surface area contributed by atoms with E-state index in [1.165, 1.54) is 0 Å².